The Balaban J connectivity index is 1.89. The fourth-order valence-electron chi connectivity index (χ4n) is 4.67. The van der Waals surface area contributed by atoms with E-state index >= 15 is 0 Å². The van der Waals surface area contributed by atoms with Crippen LogP contribution in [0.3, 0.4) is 0 Å². The molecule has 2 nitrogen and oxygen atoms in total. The summed E-state index contributed by atoms with van der Waals surface area (Å²) in [5.41, 5.74) is 0.0532. The molecule has 1 N–H and O–H groups in total. The summed E-state index contributed by atoms with van der Waals surface area (Å²) in [6.45, 7) is 1.62. The number of hydrogen-bond acceptors (Lipinski definition) is 1. The summed E-state index contributed by atoms with van der Waals surface area (Å²) >= 11 is 6.65. The highest BCUT2D eigenvalue weighted by Crippen LogP contribution is 2.59. The van der Waals surface area contributed by atoms with Crippen molar-refractivity contribution in [2.45, 2.75) is 55.9 Å². The topological polar surface area (TPSA) is 29.1 Å². The highest BCUT2D eigenvalue weighted by Gasteiger charge is 2.57. The van der Waals surface area contributed by atoms with Gasteiger partial charge in [-0.2, -0.15) is 0 Å². The third-order valence-corrected chi connectivity index (χ3v) is 4.87. The molecule has 2 atom stereocenters. The lowest BCUT2D eigenvalue weighted by Crippen LogP contribution is -2.63. The fourth-order valence-corrected chi connectivity index (χ4v) is 5.36. The summed E-state index contributed by atoms with van der Waals surface area (Å²) in [7, 11) is 0. The first kappa shape index (κ1) is 9.95. The maximum absolute atomic E-state index is 11.3. The molecule has 84 valence electrons. The van der Waals surface area contributed by atoms with E-state index in [4.69, 9.17) is 11.6 Å². The Morgan fingerprint density at radius 1 is 1.27 bits per heavy atom. The second kappa shape index (κ2) is 2.91. The Bertz CT molecular complexity index is 301. The molecule has 4 saturated carbocycles. The van der Waals surface area contributed by atoms with Gasteiger partial charge in [0.1, 0.15) is 0 Å². The quantitative estimate of drug-likeness (QED) is 0.685. The molecule has 4 bridgehead atoms. The van der Waals surface area contributed by atoms with Gasteiger partial charge in [0.25, 0.3) is 0 Å². The van der Waals surface area contributed by atoms with Crippen LogP contribution in [0.2, 0.25) is 0 Å². The van der Waals surface area contributed by atoms with Gasteiger partial charge in [-0.05, 0) is 50.4 Å². The lowest BCUT2D eigenvalue weighted by molar-refractivity contribution is -0.124. The van der Waals surface area contributed by atoms with Crippen molar-refractivity contribution in [3.05, 3.63) is 0 Å². The van der Waals surface area contributed by atoms with Gasteiger partial charge in [0.15, 0.2) is 0 Å². The van der Waals surface area contributed by atoms with E-state index in [1.54, 1.807) is 6.92 Å². The van der Waals surface area contributed by atoms with Crippen molar-refractivity contribution in [2.75, 3.05) is 0 Å². The number of nitrogens with one attached hydrogen (secondary N) is 1. The van der Waals surface area contributed by atoms with E-state index in [0.717, 1.165) is 31.1 Å². The van der Waals surface area contributed by atoms with Crippen molar-refractivity contribution in [3.8, 4) is 0 Å². The van der Waals surface area contributed by atoms with Crippen molar-refractivity contribution in [3.63, 3.8) is 0 Å². The first-order valence-corrected chi connectivity index (χ1v) is 6.34. The first-order chi connectivity index (χ1) is 6.99. The van der Waals surface area contributed by atoms with Gasteiger partial charge in [-0.25, -0.2) is 0 Å². The van der Waals surface area contributed by atoms with Crippen LogP contribution in [0.1, 0.15) is 45.4 Å². The summed E-state index contributed by atoms with van der Waals surface area (Å²) in [5.74, 6) is 1.63. The molecule has 0 heterocycles. The maximum Gasteiger partial charge on any atom is 0.217 e. The molecule has 0 aromatic carbocycles. The molecule has 1 amide bonds. The fraction of sp³-hybridized carbons (Fsp3) is 0.917. The predicted octanol–water partition coefficient (Wildman–Crippen LogP) is 2.45. The first-order valence-electron chi connectivity index (χ1n) is 5.96. The van der Waals surface area contributed by atoms with E-state index in [1.165, 1.54) is 19.3 Å². The van der Waals surface area contributed by atoms with Crippen LogP contribution in [0.25, 0.3) is 0 Å². The largest absolute Gasteiger partial charge is 0.351 e. The van der Waals surface area contributed by atoms with E-state index in [-0.39, 0.29) is 16.3 Å². The van der Waals surface area contributed by atoms with Crippen LogP contribution < -0.4 is 5.32 Å². The zero-order valence-electron chi connectivity index (χ0n) is 9.18. The van der Waals surface area contributed by atoms with Gasteiger partial charge in [0, 0.05) is 17.3 Å². The van der Waals surface area contributed by atoms with Gasteiger partial charge < -0.3 is 5.32 Å². The Labute approximate surface area is 95.8 Å². The minimum absolute atomic E-state index is 0.00648. The monoisotopic (exact) mass is 227 g/mol. The highest BCUT2D eigenvalue weighted by atomic mass is 35.5. The third kappa shape index (κ3) is 1.57. The van der Waals surface area contributed by atoms with Crippen molar-refractivity contribution in [2.24, 2.45) is 11.8 Å². The van der Waals surface area contributed by atoms with Crippen molar-refractivity contribution in [1.82, 2.24) is 5.32 Å². The number of hydrogen-bond donors (Lipinski definition) is 1. The Hall–Kier alpha value is -0.240. The second-order valence-electron chi connectivity index (χ2n) is 6.07. The molecule has 0 saturated heterocycles. The number of amides is 1. The van der Waals surface area contributed by atoms with Gasteiger partial charge in [-0.15, -0.1) is 11.6 Å². The summed E-state index contributed by atoms with van der Waals surface area (Å²) in [4.78, 5) is 11.3. The van der Waals surface area contributed by atoms with Crippen molar-refractivity contribution in [1.29, 1.82) is 0 Å². The molecule has 4 aliphatic rings. The summed E-state index contributed by atoms with van der Waals surface area (Å²) < 4.78 is 0. The van der Waals surface area contributed by atoms with Crippen LogP contribution >= 0.6 is 11.6 Å². The zero-order valence-corrected chi connectivity index (χ0v) is 9.94. The number of halogens is 1. The molecule has 4 rings (SSSR count). The van der Waals surface area contributed by atoms with E-state index in [2.05, 4.69) is 5.32 Å². The molecule has 0 aromatic heterocycles. The number of alkyl halides is 1. The molecule has 0 radical (unpaired) electrons. The number of carbonyl (C=O) groups is 1. The van der Waals surface area contributed by atoms with E-state index < -0.39 is 0 Å². The Morgan fingerprint density at radius 3 is 2.33 bits per heavy atom. The standard InChI is InChI=1S/C12H18ClNO/c1-8(15)14-12-5-9-2-10(6-12)4-11(13,3-9)7-12/h9-10H,2-7H2,1H3,(H,14,15)/t9-,10-,11?,12?/m0/s1. The molecule has 3 heteroatoms. The summed E-state index contributed by atoms with van der Waals surface area (Å²) in [5, 5.41) is 3.19. The average Bonchev–Trinajstić information content (AvgIpc) is 1.94. The van der Waals surface area contributed by atoms with E-state index in [1.807, 2.05) is 0 Å². The Kier molecular flexibility index (Phi) is 1.93. The van der Waals surface area contributed by atoms with Crippen LogP contribution in [0.15, 0.2) is 0 Å². The summed E-state index contributed by atoms with van der Waals surface area (Å²) in [6.07, 6.45) is 7.01. The summed E-state index contributed by atoms with van der Waals surface area (Å²) in [6, 6.07) is 0. The van der Waals surface area contributed by atoms with Crippen LogP contribution in [0.4, 0.5) is 0 Å². The van der Waals surface area contributed by atoms with Crippen LogP contribution in [0, 0.1) is 11.8 Å². The highest BCUT2D eigenvalue weighted by molar-refractivity contribution is 6.24. The SMILES string of the molecule is CC(=O)NC12C[C@H]3C[C@@H](CC(Cl)(C3)C1)C2. The molecule has 0 aromatic rings. The molecule has 15 heavy (non-hydrogen) atoms. The lowest BCUT2D eigenvalue weighted by atomic mass is 9.52. The van der Waals surface area contributed by atoms with Crippen LogP contribution in [-0.2, 0) is 4.79 Å². The Morgan fingerprint density at radius 2 is 1.87 bits per heavy atom. The molecule has 0 aliphatic heterocycles. The van der Waals surface area contributed by atoms with Crippen molar-refractivity contribution < 1.29 is 4.79 Å². The van der Waals surface area contributed by atoms with Crippen molar-refractivity contribution >= 4 is 17.5 Å². The van der Waals surface area contributed by atoms with E-state index in [0.29, 0.717) is 0 Å². The molecule has 0 spiro atoms. The normalized spacial score (nSPS) is 51.9. The van der Waals surface area contributed by atoms with Gasteiger partial charge in [0.05, 0.1) is 0 Å². The third-order valence-electron chi connectivity index (χ3n) is 4.43. The predicted molar refractivity (Wildman–Crippen MR) is 59.8 cm³/mol. The minimum atomic E-state index is 0.00648. The average molecular weight is 228 g/mol. The van der Waals surface area contributed by atoms with Gasteiger partial charge in [-0.3, -0.25) is 4.79 Å². The smallest absolute Gasteiger partial charge is 0.217 e. The number of rotatable bonds is 1. The molecule has 4 fully saturated rings. The zero-order chi connectivity index (χ0) is 10.7. The van der Waals surface area contributed by atoms with Crippen LogP contribution in [-0.4, -0.2) is 16.3 Å². The van der Waals surface area contributed by atoms with E-state index in [9.17, 15) is 4.79 Å². The molecule has 0 unspecified atom stereocenters. The molecular formula is C12H18ClNO. The lowest BCUT2D eigenvalue weighted by Gasteiger charge is -2.60. The number of carbonyl (C=O) groups excluding carboxylic acids is 1. The second-order valence-corrected chi connectivity index (χ2v) is 6.88. The molecular weight excluding hydrogens is 210 g/mol. The minimum Gasteiger partial charge on any atom is -0.351 e. The van der Waals surface area contributed by atoms with Gasteiger partial charge in [0.2, 0.25) is 5.91 Å². The van der Waals surface area contributed by atoms with Crippen LogP contribution in [0.5, 0.6) is 0 Å². The maximum atomic E-state index is 11.3. The molecule has 4 aliphatic carbocycles. The van der Waals surface area contributed by atoms with Gasteiger partial charge in [-0.1, -0.05) is 0 Å². The van der Waals surface area contributed by atoms with Gasteiger partial charge >= 0.3 is 0 Å².